The van der Waals surface area contributed by atoms with Gasteiger partial charge in [-0.25, -0.2) is 0 Å². The summed E-state index contributed by atoms with van der Waals surface area (Å²) in [6.45, 7) is -0.0283. The number of anilines is 6. The minimum Gasteiger partial charge on any atom is -0.311 e. The fourth-order valence-electron chi connectivity index (χ4n) is 6.19. The molecule has 4 nitrogen and oxygen atoms in total. The molecule has 0 saturated heterocycles. The van der Waals surface area contributed by atoms with E-state index in [-0.39, 0.29) is 6.71 Å². The van der Waals surface area contributed by atoms with Gasteiger partial charge in [-0.05, 0) is 76.9 Å². The molecular formula is C34H23BN4. The van der Waals surface area contributed by atoms with Crippen LogP contribution in [-0.4, -0.2) is 6.71 Å². The van der Waals surface area contributed by atoms with Crippen molar-refractivity contribution < 1.29 is 0 Å². The zero-order valence-electron chi connectivity index (χ0n) is 21.3. The third kappa shape index (κ3) is 3.52. The molecule has 39 heavy (non-hydrogen) atoms. The van der Waals surface area contributed by atoms with Gasteiger partial charge < -0.3 is 9.80 Å². The fourth-order valence-corrected chi connectivity index (χ4v) is 6.19. The van der Waals surface area contributed by atoms with Gasteiger partial charge in [0.15, 0.2) is 0 Å². The fraction of sp³-hybridized carbons (Fsp3) is 0.0588. The Labute approximate surface area is 228 Å². The van der Waals surface area contributed by atoms with Crippen LogP contribution < -0.4 is 26.2 Å². The highest BCUT2D eigenvalue weighted by Crippen LogP contribution is 2.45. The van der Waals surface area contributed by atoms with E-state index in [1.165, 1.54) is 10.9 Å². The van der Waals surface area contributed by atoms with Gasteiger partial charge in [0.05, 0.1) is 17.3 Å². The number of benzene rings is 5. The SMILES string of the molecule is N#CCCc1cc2c3c(c1)N(c1ccccc1)c1c(C#N)cccc1B3c1ccccc1N2c1ccccc1. The maximum absolute atomic E-state index is 10.3. The number of nitrogens with zero attached hydrogens (tertiary/aromatic N) is 4. The number of hydrogen-bond acceptors (Lipinski definition) is 4. The van der Waals surface area contributed by atoms with Crippen LogP contribution in [-0.2, 0) is 6.42 Å². The van der Waals surface area contributed by atoms with E-state index in [0.717, 1.165) is 45.2 Å². The first-order chi connectivity index (χ1) is 19.3. The lowest BCUT2D eigenvalue weighted by Gasteiger charge is -2.44. The molecule has 2 heterocycles. The standard InChI is InChI=1S/C34H23BN4/c36-20-10-11-24-21-31-33-32(22-24)39(27-15-5-2-6-16-27)34-25(23-37)12-9-18-29(34)35(33)28-17-7-8-19-30(28)38(31)26-13-3-1-4-14-26/h1-9,12-19,21-22H,10-11H2. The second-order valence-electron chi connectivity index (χ2n) is 9.89. The zero-order chi connectivity index (χ0) is 26.3. The van der Waals surface area contributed by atoms with Gasteiger partial charge in [0.25, 0.3) is 6.71 Å². The van der Waals surface area contributed by atoms with E-state index in [2.05, 4.69) is 101 Å². The molecule has 2 aliphatic rings. The van der Waals surface area contributed by atoms with E-state index in [4.69, 9.17) is 0 Å². The van der Waals surface area contributed by atoms with Crippen LogP contribution in [0.5, 0.6) is 0 Å². The van der Waals surface area contributed by atoms with Crippen molar-refractivity contribution in [2.75, 3.05) is 9.80 Å². The first kappa shape index (κ1) is 22.9. The van der Waals surface area contributed by atoms with Crippen molar-refractivity contribution in [2.24, 2.45) is 0 Å². The maximum atomic E-state index is 10.3. The van der Waals surface area contributed by atoms with Crippen molar-refractivity contribution in [3.63, 3.8) is 0 Å². The maximum Gasteiger partial charge on any atom is 0.252 e. The monoisotopic (exact) mass is 498 g/mol. The van der Waals surface area contributed by atoms with Crippen LogP contribution in [0.2, 0.25) is 0 Å². The Morgan fingerprint density at radius 2 is 1.23 bits per heavy atom. The highest BCUT2D eigenvalue weighted by molar-refractivity contribution is 7.00. The van der Waals surface area contributed by atoms with Crippen molar-refractivity contribution in [3.05, 3.63) is 126 Å². The lowest BCUT2D eigenvalue weighted by atomic mass is 9.33. The van der Waals surface area contributed by atoms with Crippen LogP contribution in [0.15, 0.2) is 115 Å². The molecule has 7 rings (SSSR count). The molecule has 0 atom stereocenters. The van der Waals surface area contributed by atoms with Gasteiger partial charge in [-0.3, -0.25) is 0 Å². The number of nitriles is 2. The normalized spacial score (nSPS) is 12.6. The number of hydrogen-bond donors (Lipinski definition) is 0. The molecule has 0 bridgehead atoms. The summed E-state index contributed by atoms with van der Waals surface area (Å²) in [7, 11) is 0. The third-order valence-electron chi connectivity index (χ3n) is 7.73. The average molecular weight is 498 g/mol. The van der Waals surface area contributed by atoms with Gasteiger partial charge in [-0.15, -0.1) is 0 Å². The van der Waals surface area contributed by atoms with Crippen molar-refractivity contribution in [3.8, 4) is 12.1 Å². The van der Waals surface area contributed by atoms with E-state index in [9.17, 15) is 10.5 Å². The second-order valence-corrected chi connectivity index (χ2v) is 9.89. The number of aryl methyl sites for hydroxylation is 1. The summed E-state index contributed by atoms with van der Waals surface area (Å²) < 4.78 is 0. The first-order valence-corrected chi connectivity index (χ1v) is 13.2. The molecule has 0 amide bonds. The van der Waals surface area contributed by atoms with Crippen molar-refractivity contribution in [1.29, 1.82) is 10.5 Å². The van der Waals surface area contributed by atoms with Crippen LogP contribution in [0.1, 0.15) is 17.5 Å². The van der Waals surface area contributed by atoms with E-state index in [1.54, 1.807) is 0 Å². The summed E-state index contributed by atoms with van der Waals surface area (Å²) in [5, 5.41) is 19.7. The molecular weight excluding hydrogens is 475 g/mol. The highest BCUT2D eigenvalue weighted by Gasteiger charge is 2.44. The summed E-state index contributed by atoms with van der Waals surface area (Å²) in [6, 6.07) is 44.7. The lowest BCUT2D eigenvalue weighted by molar-refractivity contribution is 1.01. The van der Waals surface area contributed by atoms with E-state index in [1.807, 2.05) is 36.4 Å². The van der Waals surface area contributed by atoms with Crippen molar-refractivity contribution in [1.82, 2.24) is 0 Å². The Morgan fingerprint density at radius 1 is 0.615 bits per heavy atom. The second kappa shape index (κ2) is 9.24. The van der Waals surface area contributed by atoms with Crippen LogP contribution >= 0.6 is 0 Å². The number of fused-ring (bicyclic) bond motifs is 4. The predicted octanol–water partition coefficient (Wildman–Crippen LogP) is 6.10. The molecule has 5 aromatic carbocycles. The van der Waals surface area contributed by atoms with Crippen LogP contribution in [0, 0.1) is 22.7 Å². The molecule has 5 heteroatoms. The van der Waals surface area contributed by atoms with Crippen LogP contribution in [0.4, 0.5) is 34.1 Å². The minimum absolute atomic E-state index is 0.0283. The Hall–Kier alpha value is -5.26. The van der Waals surface area contributed by atoms with Crippen LogP contribution in [0.25, 0.3) is 0 Å². The molecule has 182 valence electrons. The molecule has 0 radical (unpaired) electrons. The van der Waals surface area contributed by atoms with Crippen molar-refractivity contribution in [2.45, 2.75) is 12.8 Å². The summed E-state index contributed by atoms with van der Waals surface area (Å²) in [4.78, 5) is 4.60. The zero-order valence-corrected chi connectivity index (χ0v) is 21.3. The lowest BCUT2D eigenvalue weighted by Crippen LogP contribution is -2.61. The number of para-hydroxylation sites is 4. The molecule has 5 aromatic rings. The highest BCUT2D eigenvalue weighted by atomic mass is 15.2. The largest absolute Gasteiger partial charge is 0.311 e. The Balaban J connectivity index is 1.62. The smallest absolute Gasteiger partial charge is 0.252 e. The molecule has 0 spiro atoms. The van der Waals surface area contributed by atoms with Gasteiger partial charge in [0, 0.05) is 34.9 Å². The van der Waals surface area contributed by atoms with Crippen LogP contribution in [0.3, 0.4) is 0 Å². The Morgan fingerprint density at radius 3 is 1.92 bits per heavy atom. The van der Waals surface area contributed by atoms with Gasteiger partial charge in [-0.2, -0.15) is 10.5 Å². The molecule has 2 aliphatic heterocycles. The first-order valence-electron chi connectivity index (χ1n) is 13.2. The van der Waals surface area contributed by atoms with Gasteiger partial charge in [0.2, 0.25) is 0 Å². The molecule has 0 aromatic heterocycles. The summed E-state index contributed by atoms with van der Waals surface area (Å²) in [5.74, 6) is 0. The topological polar surface area (TPSA) is 54.1 Å². The summed E-state index contributed by atoms with van der Waals surface area (Å²) in [6.07, 6.45) is 1.09. The third-order valence-corrected chi connectivity index (χ3v) is 7.73. The predicted molar refractivity (Wildman–Crippen MR) is 159 cm³/mol. The quantitative estimate of drug-likeness (QED) is 0.276. The van der Waals surface area contributed by atoms with E-state index >= 15 is 0 Å². The molecule has 0 saturated carbocycles. The Kier molecular flexibility index (Phi) is 5.43. The molecule has 0 fully saturated rings. The van der Waals surface area contributed by atoms with Gasteiger partial charge >= 0.3 is 0 Å². The minimum atomic E-state index is -0.0283. The van der Waals surface area contributed by atoms with E-state index in [0.29, 0.717) is 18.4 Å². The summed E-state index contributed by atoms with van der Waals surface area (Å²) >= 11 is 0. The molecule has 0 aliphatic carbocycles. The average Bonchev–Trinajstić information content (AvgIpc) is 3.00. The van der Waals surface area contributed by atoms with E-state index < -0.39 is 0 Å². The Bertz CT molecular complexity index is 1800. The molecule has 0 N–H and O–H groups in total. The summed E-state index contributed by atoms with van der Waals surface area (Å²) in [5.41, 5.74) is 11.6. The molecule has 0 unspecified atom stereocenters. The van der Waals surface area contributed by atoms with Gasteiger partial charge in [-0.1, -0.05) is 66.7 Å². The van der Waals surface area contributed by atoms with Crippen molar-refractivity contribution >= 4 is 57.2 Å². The number of rotatable bonds is 4. The van der Waals surface area contributed by atoms with Gasteiger partial charge in [0.1, 0.15) is 6.07 Å².